The van der Waals surface area contributed by atoms with Crippen LogP contribution in [0.4, 0.5) is 5.69 Å². The highest BCUT2D eigenvalue weighted by molar-refractivity contribution is 5.96. The second-order valence-electron chi connectivity index (χ2n) is 9.74. The summed E-state index contributed by atoms with van der Waals surface area (Å²) >= 11 is 0. The van der Waals surface area contributed by atoms with E-state index in [1.807, 2.05) is 54.6 Å². The minimum Gasteiger partial charge on any atom is -0.481 e. The molecule has 3 N–H and O–H groups in total. The Kier molecular flexibility index (Phi) is 8.13. The van der Waals surface area contributed by atoms with Crippen molar-refractivity contribution in [1.82, 2.24) is 10.3 Å². The highest BCUT2D eigenvalue weighted by Crippen LogP contribution is 2.32. The summed E-state index contributed by atoms with van der Waals surface area (Å²) in [5.74, 6) is -1.12. The molecule has 0 spiro atoms. The van der Waals surface area contributed by atoms with E-state index in [-0.39, 0.29) is 12.0 Å². The molecule has 2 aromatic carbocycles. The maximum Gasteiger partial charge on any atom is 0.313 e. The normalized spacial score (nSPS) is 16.4. The molecule has 4 rings (SSSR count). The monoisotopic (exact) mass is 487 g/mol. The van der Waals surface area contributed by atoms with Crippen LogP contribution in [0.2, 0.25) is 0 Å². The number of benzene rings is 2. The average molecular weight is 488 g/mol. The fourth-order valence-electron chi connectivity index (χ4n) is 4.31. The molecule has 7 heteroatoms. The lowest BCUT2D eigenvalue weighted by Crippen LogP contribution is -2.45. The van der Waals surface area contributed by atoms with Gasteiger partial charge in [-0.1, -0.05) is 30.3 Å². The predicted octanol–water partition coefficient (Wildman–Crippen LogP) is 4.43. The van der Waals surface area contributed by atoms with Crippen LogP contribution in [0, 0.1) is 0 Å². The Morgan fingerprint density at radius 2 is 1.83 bits per heavy atom. The molecule has 0 bridgehead atoms. The summed E-state index contributed by atoms with van der Waals surface area (Å²) in [6.07, 6.45) is 6.02. The summed E-state index contributed by atoms with van der Waals surface area (Å²) in [4.78, 5) is 29.6. The lowest BCUT2D eigenvalue weighted by atomic mass is 9.83. The van der Waals surface area contributed by atoms with Crippen LogP contribution < -0.4 is 10.6 Å². The van der Waals surface area contributed by atoms with E-state index in [0.717, 1.165) is 36.1 Å². The predicted molar refractivity (Wildman–Crippen MR) is 140 cm³/mol. The third-order valence-electron chi connectivity index (χ3n) is 6.69. The molecule has 1 amide bonds. The van der Waals surface area contributed by atoms with Crippen LogP contribution in [0.1, 0.15) is 37.8 Å². The molecule has 1 aliphatic rings. The van der Waals surface area contributed by atoms with E-state index in [0.29, 0.717) is 24.2 Å². The van der Waals surface area contributed by atoms with Gasteiger partial charge in [0.15, 0.2) is 0 Å². The smallest absolute Gasteiger partial charge is 0.313 e. The van der Waals surface area contributed by atoms with Gasteiger partial charge in [-0.25, -0.2) is 0 Å². The van der Waals surface area contributed by atoms with Gasteiger partial charge in [0.2, 0.25) is 5.91 Å². The van der Waals surface area contributed by atoms with Crippen molar-refractivity contribution in [1.29, 1.82) is 0 Å². The quantitative estimate of drug-likeness (QED) is 0.391. The van der Waals surface area contributed by atoms with E-state index in [9.17, 15) is 14.7 Å². The fourth-order valence-corrected chi connectivity index (χ4v) is 4.31. The number of anilines is 1. The van der Waals surface area contributed by atoms with Crippen molar-refractivity contribution in [2.24, 2.45) is 0 Å². The van der Waals surface area contributed by atoms with Gasteiger partial charge < -0.3 is 20.5 Å². The third kappa shape index (κ3) is 6.36. The molecular formula is C29H33N3O4. The molecule has 188 valence electrons. The Balaban J connectivity index is 1.61. The van der Waals surface area contributed by atoms with E-state index in [2.05, 4.69) is 15.6 Å². The number of carbonyl (C=O) groups excluding carboxylic acids is 1. The SMILES string of the molecule is CC(C)(C(=O)O)c1cc(NC(=O)C(Cc2ccccc2)NCC2CCCO2)cc(-c2ccncc2)c1. The number of carbonyl (C=O) groups is 2. The van der Waals surface area contributed by atoms with Gasteiger partial charge in [0.05, 0.1) is 17.6 Å². The zero-order valence-corrected chi connectivity index (χ0v) is 20.7. The highest BCUT2D eigenvalue weighted by atomic mass is 16.5. The Morgan fingerprint density at radius 3 is 2.50 bits per heavy atom. The van der Waals surface area contributed by atoms with Crippen LogP contribution in [0.5, 0.6) is 0 Å². The molecule has 2 unspecified atom stereocenters. The number of pyridine rings is 1. The van der Waals surface area contributed by atoms with Crippen LogP contribution in [-0.2, 0) is 26.2 Å². The molecule has 1 aliphatic heterocycles. The minimum atomic E-state index is -1.13. The van der Waals surface area contributed by atoms with Gasteiger partial charge in [-0.3, -0.25) is 14.6 Å². The standard InChI is InChI=1S/C29H33N3O4/c1-29(2,28(34)35)23-16-22(21-10-12-30-13-11-21)17-24(18-23)32-27(33)26(15-20-7-4-3-5-8-20)31-19-25-9-6-14-36-25/h3-5,7-8,10-13,16-18,25-26,31H,6,9,14-15,19H2,1-2H3,(H,32,33)(H,34,35). The number of carboxylic acids is 1. The van der Waals surface area contributed by atoms with E-state index in [4.69, 9.17) is 4.74 Å². The molecule has 0 saturated carbocycles. The third-order valence-corrected chi connectivity index (χ3v) is 6.69. The number of rotatable bonds is 10. The second-order valence-corrected chi connectivity index (χ2v) is 9.74. The van der Waals surface area contributed by atoms with Crippen molar-refractivity contribution in [2.45, 2.75) is 50.7 Å². The lowest BCUT2D eigenvalue weighted by molar-refractivity contribution is -0.142. The summed E-state index contributed by atoms with van der Waals surface area (Å²) < 4.78 is 5.74. The molecule has 0 aliphatic carbocycles. The number of hydrogen-bond donors (Lipinski definition) is 3. The molecule has 0 radical (unpaired) electrons. The zero-order valence-electron chi connectivity index (χ0n) is 20.7. The maximum atomic E-state index is 13.5. The zero-order chi connectivity index (χ0) is 25.5. The fraction of sp³-hybridized carbons (Fsp3) is 0.345. The number of nitrogens with one attached hydrogen (secondary N) is 2. The van der Waals surface area contributed by atoms with Gasteiger partial charge in [-0.05, 0) is 85.7 Å². The van der Waals surface area contributed by atoms with Crippen molar-refractivity contribution in [3.05, 3.63) is 84.2 Å². The van der Waals surface area contributed by atoms with Crippen LogP contribution in [-0.4, -0.2) is 47.3 Å². The number of aromatic nitrogens is 1. The molecule has 1 aromatic heterocycles. The number of hydrogen-bond acceptors (Lipinski definition) is 5. The topological polar surface area (TPSA) is 101 Å². The first-order chi connectivity index (χ1) is 17.3. The van der Waals surface area contributed by atoms with Crippen LogP contribution in [0.3, 0.4) is 0 Å². The van der Waals surface area contributed by atoms with E-state index < -0.39 is 17.4 Å². The average Bonchev–Trinajstić information content (AvgIpc) is 3.41. The summed E-state index contributed by atoms with van der Waals surface area (Å²) in [5.41, 5.74) is 2.77. The molecule has 7 nitrogen and oxygen atoms in total. The largest absolute Gasteiger partial charge is 0.481 e. The first-order valence-corrected chi connectivity index (χ1v) is 12.3. The van der Waals surface area contributed by atoms with Crippen LogP contribution in [0.15, 0.2) is 73.1 Å². The first-order valence-electron chi connectivity index (χ1n) is 12.3. The first kappa shape index (κ1) is 25.5. The number of nitrogens with zero attached hydrogens (tertiary/aromatic N) is 1. The Bertz CT molecular complexity index is 1180. The Labute approximate surface area is 211 Å². The van der Waals surface area contributed by atoms with Gasteiger partial charge in [-0.2, -0.15) is 0 Å². The molecule has 36 heavy (non-hydrogen) atoms. The molecule has 2 atom stereocenters. The van der Waals surface area contributed by atoms with E-state index >= 15 is 0 Å². The van der Waals surface area contributed by atoms with Gasteiger partial charge in [0.1, 0.15) is 0 Å². The lowest BCUT2D eigenvalue weighted by Gasteiger charge is -2.24. The summed E-state index contributed by atoms with van der Waals surface area (Å²) in [5, 5.41) is 16.3. The minimum absolute atomic E-state index is 0.106. The Hall–Kier alpha value is -3.55. The molecule has 1 fully saturated rings. The van der Waals surface area contributed by atoms with Gasteiger partial charge >= 0.3 is 5.97 Å². The molecular weight excluding hydrogens is 454 g/mol. The summed E-state index contributed by atoms with van der Waals surface area (Å²) in [7, 11) is 0. The second kappa shape index (κ2) is 11.5. The van der Waals surface area contributed by atoms with Crippen molar-refractivity contribution >= 4 is 17.6 Å². The van der Waals surface area contributed by atoms with Crippen molar-refractivity contribution in [3.8, 4) is 11.1 Å². The highest BCUT2D eigenvalue weighted by Gasteiger charge is 2.31. The van der Waals surface area contributed by atoms with Gasteiger partial charge in [0.25, 0.3) is 0 Å². The number of ether oxygens (including phenoxy) is 1. The van der Waals surface area contributed by atoms with Crippen molar-refractivity contribution < 1.29 is 19.4 Å². The number of aliphatic carboxylic acids is 1. The molecule has 1 saturated heterocycles. The molecule has 3 aromatic rings. The number of carboxylic acid groups (broad SMARTS) is 1. The van der Waals surface area contributed by atoms with Gasteiger partial charge in [0, 0.05) is 31.2 Å². The van der Waals surface area contributed by atoms with Crippen molar-refractivity contribution in [2.75, 3.05) is 18.5 Å². The van der Waals surface area contributed by atoms with Crippen molar-refractivity contribution in [3.63, 3.8) is 0 Å². The maximum absolute atomic E-state index is 13.5. The van der Waals surface area contributed by atoms with E-state index in [1.165, 1.54) is 0 Å². The number of amides is 1. The summed E-state index contributed by atoms with van der Waals surface area (Å²) in [6, 6.07) is 18.6. The Morgan fingerprint density at radius 1 is 1.08 bits per heavy atom. The van der Waals surface area contributed by atoms with Crippen LogP contribution >= 0.6 is 0 Å². The van der Waals surface area contributed by atoms with Gasteiger partial charge in [-0.15, -0.1) is 0 Å². The van der Waals surface area contributed by atoms with E-state index in [1.54, 1.807) is 32.3 Å². The summed E-state index contributed by atoms with van der Waals surface area (Å²) in [6.45, 7) is 4.67. The molecule has 2 heterocycles. The van der Waals surface area contributed by atoms with Crippen LogP contribution in [0.25, 0.3) is 11.1 Å².